The topological polar surface area (TPSA) is 98.4 Å². The molecule has 7 rings (SSSR count). The van der Waals surface area contributed by atoms with E-state index in [1.165, 1.54) is 0 Å². The zero-order valence-corrected chi connectivity index (χ0v) is 20.6. The second-order valence-corrected chi connectivity index (χ2v) is 10.0. The Morgan fingerprint density at radius 2 is 1.86 bits per heavy atom. The van der Waals surface area contributed by atoms with Crippen LogP contribution in [0.25, 0.3) is 28.0 Å². The number of aromatic nitrogens is 3. The Balaban J connectivity index is 1.17. The zero-order chi connectivity index (χ0) is 24.9. The third-order valence-electron chi connectivity index (χ3n) is 7.77. The van der Waals surface area contributed by atoms with Gasteiger partial charge in [-0.2, -0.15) is 0 Å². The molecule has 0 spiro atoms. The molecule has 8 heteroatoms. The van der Waals surface area contributed by atoms with E-state index in [1.807, 2.05) is 29.2 Å². The van der Waals surface area contributed by atoms with Crippen LogP contribution in [-0.2, 0) is 6.54 Å². The van der Waals surface area contributed by atoms with Crippen molar-refractivity contribution in [1.82, 2.24) is 19.4 Å². The summed E-state index contributed by atoms with van der Waals surface area (Å²) in [4.78, 5) is 23.9. The third-order valence-corrected chi connectivity index (χ3v) is 7.77. The van der Waals surface area contributed by atoms with Crippen LogP contribution in [0.1, 0.15) is 53.5 Å². The van der Waals surface area contributed by atoms with Crippen molar-refractivity contribution in [2.45, 2.75) is 38.1 Å². The van der Waals surface area contributed by atoms with E-state index in [0.717, 1.165) is 71.7 Å². The average Bonchev–Trinajstić information content (AvgIpc) is 3.64. The number of imidazole rings is 1. The summed E-state index contributed by atoms with van der Waals surface area (Å²) in [7, 11) is 0. The average molecular weight is 496 g/mol. The van der Waals surface area contributed by atoms with Gasteiger partial charge in [-0.3, -0.25) is 4.79 Å². The van der Waals surface area contributed by atoms with E-state index in [0.29, 0.717) is 30.2 Å². The first-order chi connectivity index (χ1) is 18.2. The molecule has 0 saturated carbocycles. The number of hydrogen-bond acceptors (Lipinski definition) is 5. The summed E-state index contributed by atoms with van der Waals surface area (Å²) in [5.41, 5.74) is 12.0. The molecule has 0 bridgehead atoms. The number of nitrogens with two attached hydrogens (primary N) is 1. The first-order valence-corrected chi connectivity index (χ1v) is 13.0. The maximum atomic E-state index is 13.2. The van der Waals surface area contributed by atoms with Gasteiger partial charge in [-0.1, -0.05) is 24.3 Å². The van der Waals surface area contributed by atoms with Crippen LogP contribution < -0.4 is 15.2 Å². The SMILES string of the molecule is NC1=CCCCn2c(C3CCN(C(=O)c4ccc5c(c4)OCO5)CC3)nc(-c3cc4ccccc4[nH]3)c21. The third kappa shape index (κ3) is 3.75. The number of allylic oxidation sites excluding steroid dienone is 1. The summed E-state index contributed by atoms with van der Waals surface area (Å²) >= 11 is 0. The quantitative estimate of drug-likeness (QED) is 0.422. The molecule has 37 heavy (non-hydrogen) atoms. The Bertz CT molecular complexity index is 1510. The van der Waals surface area contributed by atoms with E-state index in [-0.39, 0.29) is 18.6 Å². The molecule has 0 atom stereocenters. The van der Waals surface area contributed by atoms with E-state index >= 15 is 0 Å². The van der Waals surface area contributed by atoms with Gasteiger partial charge >= 0.3 is 0 Å². The first-order valence-electron chi connectivity index (χ1n) is 13.0. The molecule has 8 nitrogen and oxygen atoms in total. The molecule has 1 saturated heterocycles. The number of likely N-dealkylation sites (tertiary alicyclic amines) is 1. The number of carbonyl (C=O) groups excluding carboxylic acids is 1. The number of H-pyrrole nitrogens is 1. The molecule has 0 unspecified atom stereocenters. The number of para-hydroxylation sites is 1. The first kappa shape index (κ1) is 22.0. The predicted molar refractivity (Wildman–Crippen MR) is 141 cm³/mol. The Labute approximate surface area is 214 Å². The van der Waals surface area contributed by atoms with Crippen LogP contribution in [0.4, 0.5) is 0 Å². The Morgan fingerprint density at radius 3 is 2.73 bits per heavy atom. The number of benzene rings is 2. The van der Waals surface area contributed by atoms with E-state index in [2.05, 4.69) is 33.8 Å². The van der Waals surface area contributed by atoms with Crippen LogP contribution in [-0.4, -0.2) is 45.2 Å². The summed E-state index contributed by atoms with van der Waals surface area (Å²) in [5, 5.41) is 1.16. The highest BCUT2D eigenvalue weighted by Gasteiger charge is 2.31. The molecule has 0 aliphatic carbocycles. The summed E-state index contributed by atoms with van der Waals surface area (Å²) in [5.74, 6) is 2.70. The van der Waals surface area contributed by atoms with Crippen LogP contribution in [0.15, 0.2) is 54.6 Å². The molecular formula is C29H29N5O3. The minimum Gasteiger partial charge on any atom is -0.454 e. The van der Waals surface area contributed by atoms with E-state index in [4.69, 9.17) is 20.2 Å². The molecule has 188 valence electrons. The van der Waals surface area contributed by atoms with E-state index < -0.39 is 0 Å². The van der Waals surface area contributed by atoms with Crippen molar-refractivity contribution in [3.8, 4) is 22.9 Å². The van der Waals surface area contributed by atoms with Gasteiger partial charge in [-0.15, -0.1) is 0 Å². The standard InChI is InChI=1S/C29H29N5O3/c30-21-6-3-4-12-34-27(21)26(23-15-19-5-1-2-7-22(19)31-23)32-28(34)18-10-13-33(14-11-18)29(35)20-8-9-24-25(16-20)37-17-36-24/h1-2,5-9,15-16,18,31H,3-4,10-14,17,30H2. The summed E-state index contributed by atoms with van der Waals surface area (Å²) in [6.07, 6.45) is 5.85. The number of nitrogens with zero attached hydrogens (tertiary/aromatic N) is 3. The van der Waals surface area contributed by atoms with Crippen molar-refractivity contribution in [2.75, 3.05) is 19.9 Å². The molecule has 3 N–H and O–H groups in total. The molecule has 1 fully saturated rings. The van der Waals surface area contributed by atoms with Gasteiger partial charge in [0.1, 0.15) is 11.5 Å². The molecule has 3 aliphatic heterocycles. The predicted octanol–water partition coefficient (Wildman–Crippen LogP) is 4.87. The van der Waals surface area contributed by atoms with Crippen LogP contribution in [0.2, 0.25) is 0 Å². The highest BCUT2D eigenvalue weighted by Crippen LogP contribution is 2.38. The highest BCUT2D eigenvalue weighted by molar-refractivity contribution is 5.95. The lowest BCUT2D eigenvalue weighted by atomic mass is 9.95. The lowest BCUT2D eigenvalue weighted by Gasteiger charge is -2.32. The lowest BCUT2D eigenvalue weighted by molar-refractivity contribution is 0.0710. The molecule has 2 aromatic carbocycles. The molecule has 2 aromatic heterocycles. The van der Waals surface area contributed by atoms with Crippen molar-refractivity contribution in [1.29, 1.82) is 0 Å². The largest absolute Gasteiger partial charge is 0.454 e. The molecule has 3 aliphatic rings. The maximum absolute atomic E-state index is 13.2. The van der Waals surface area contributed by atoms with Gasteiger partial charge in [0.05, 0.1) is 17.1 Å². The van der Waals surface area contributed by atoms with Gasteiger partial charge in [0.15, 0.2) is 11.5 Å². The fourth-order valence-electron chi connectivity index (χ4n) is 5.85. The number of aromatic amines is 1. The molecular weight excluding hydrogens is 466 g/mol. The number of ether oxygens (including phenoxy) is 2. The van der Waals surface area contributed by atoms with E-state index in [9.17, 15) is 4.79 Å². The fourth-order valence-corrected chi connectivity index (χ4v) is 5.85. The van der Waals surface area contributed by atoms with Crippen LogP contribution >= 0.6 is 0 Å². The number of hydrogen-bond donors (Lipinski definition) is 2. The monoisotopic (exact) mass is 495 g/mol. The van der Waals surface area contributed by atoms with Crippen molar-refractivity contribution < 1.29 is 14.3 Å². The van der Waals surface area contributed by atoms with Crippen LogP contribution in [0.3, 0.4) is 0 Å². The second-order valence-electron chi connectivity index (χ2n) is 10.0. The normalized spacial score (nSPS) is 17.5. The number of amides is 1. The Kier molecular flexibility index (Phi) is 5.20. The smallest absolute Gasteiger partial charge is 0.253 e. The van der Waals surface area contributed by atoms with Gasteiger partial charge < -0.3 is 29.7 Å². The van der Waals surface area contributed by atoms with Crippen LogP contribution in [0.5, 0.6) is 11.5 Å². The van der Waals surface area contributed by atoms with Crippen molar-refractivity contribution >= 4 is 22.5 Å². The van der Waals surface area contributed by atoms with Gasteiger partial charge in [0.25, 0.3) is 5.91 Å². The summed E-state index contributed by atoms with van der Waals surface area (Å²) in [6, 6.07) is 15.8. The van der Waals surface area contributed by atoms with Gasteiger partial charge in [0, 0.05) is 42.0 Å². The molecule has 0 radical (unpaired) electrons. The van der Waals surface area contributed by atoms with Crippen LogP contribution in [0, 0.1) is 0 Å². The van der Waals surface area contributed by atoms with Gasteiger partial charge in [-0.25, -0.2) is 4.98 Å². The fraction of sp³-hybridized carbons (Fsp3) is 0.310. The molecule has 4 aromatic rings. The summed E-state index contributed by atoms with van der Waals surface area (Å²) < 4.78 is 13.2. The minimum atomic E-state index is 0.0321. The van der Waals surface area contributed by atoms with Gasteiger partial charge in [0.2, 0.25) is 6.79 Å². The van der Waals surface area contributed by atoms with Crippen molar-refractivity contribution in [3.05, 3.63) is 71.7 Å². The van der Waals surface area contributed by atoms with Crippen molar-refractivity contribution in [3.63, 3.8) is 0 Å². The molecule has 1 amide bonds. The Morgan fingerprint density at radius 1 is 1.03 bits per heavy atom. The minimum absolute atomic E-state index is 0.0321. The maximum Gasteiger partial charge on any atom is 0.253 e. The zero-order valence-electron chi connectivity index (χ0n) is 20.6. The number of carbonyl (C=O) groups is 1. The van der Waals surface area contributed by atoms with Gasteiger partial charge in [-0.05, 0) is 56.0 Å². The number of fused-ring (bicyclic) bond motifs is 3. The number of piperidine rings is 1. The number of rotatable bonds is 3. The Hall–Kier alpha value is -4.20. The number of nitrogens with one attached hydrogen (secondary N) is 1. The van der Waals surface area contributed by atoms with E-state index in [1.54, 1.807) is 6.07 Å². The highest BCUT2D eigenvalue weighted by atomic mass is 16.7. The second kappa shape index (κ2) is 8.73. The molecule has 5 heterocycles. The summed E-state index contributed by atoms with van der Waals surface area (Å²) in [6.45, 7) is 2.47. The lowest BCUT2D eigenvalue weighted by Crippen LogP contribution is -2.38. The van der Waals surface area contributed by atoms with Crippen molar-refractivity contribution in [2.24, 2.45) is 5.73 Å².